The number of furan rings is 1. The summed E-state index contributed by atoms with van der Waals surface area (Å²) in [5.74, 6) is 2.39. The fraction of sp³-hybridized carbons (Fsp3) is 0.714. The second-order valence-electron chi connectivity index (χ2n) is 5.89. The number of hydrogen-bond acceptors (Lipinski definition) is 2. The molecule has 3 atom stereocenters. The van der Waals surface area contributed by atoms with Crippen molar-refractivity contribution in [2.45, 2.75) is 51.5 Å². The molecule has 3 unspecified atom stereocenters. The van der Waals surface area contributed by atoms with Crippen LogP contribution >= 0.6 is 0 Å². The summed E-state index contributed by atoms with van der Waals surface area (Å²) >= 11 is 0. The maximum absolute atomic E-state index is 6.32. The Morgan fingerprint density at radius 2 is 2.12 bits per heavy atom. The maximum atomic E-state index is 6.32. The lowest BCUT2D eigenvalue weighted by atomic mass is 9.65. The molecule has 2 rings (SSSR count). The van der Waals surface area contributed by atoms with E-state index < -0.39 is 0 Å². The molecule has 0 bridgehead atoms. The Hall–Kier alpha value is -0.760. The molecule has 1 heterocycles. The fourth-order valence-electron chi connectivity index (χ4n) is 3.15. The summed E-state index contributed by atoms with van der Waals surface area (Å²) in [6.45, 7) is 6.81. The standard InChI is InChI=1S/C14H23NO/c1-10-6-7-11(12(15)9-10)14(2,3)13-5-4-8-16-13/h4-5,8,10-12H,6-7,9,15H2,1-3H3. The zero-order valence-electron chi connectivity index (χ0n) is 10.6. The van der Waals surface area contributed by atoms with Gasteiger partial charge in [0, 0.05) is 11.5 Å². The van der Waals surface area contributed by atoms with E-state index in [1.807, 2.05) is 6.07 Å². The quantitative estimate of drug-likeness (QED) is 0.832. The fourth-order valence-corrected chi connectivity index (χ4v) is 3.15. The molecule has 1 aliphatic carbocycles. The van der Waals surface area contributed by atoms with Crippen molar-refractivity contribution in [2.24, 2.45) is 17.6 Å². The molecule has 2 N–H and O–H groups in total. The third-order valence-electron chi connectivity index (χ3n) is 4.25. The first-order chi connectivity index (χ1) is 7.51. The van der Waals surface area contributed by atoms with Crippen molar-refractivity contribution in [3.63, 3.8) is 0 Å². The lowest BCUT2D eigenvalue weighted by Crippen LogP contribution is -2.45. The van der Waals surface area contributed by atoms with Crippen LogP contribution < -0.4 is 5.73 Å². The van der Waals surface area contributed by atoms with Crippen molar-refractivity contribution in [3.05, 3.63) is 24.2 Å². The van der Waals surface area contributed by atoms with E-state index in [0.29, 0.717) is 12.0 Å². The maximum Gasteiger partial charge on any atom is 0.109 e. The van der Waals surface area contributed by atoms with Gasteiger partial charge in [-0.3, -0.25) is 0 Å². The third-order valence-corrected chi connectivity index (χ3v) is 4.25. The van der Waals surface area contributed by atoms with Crippen LogP contribution in [0.5, 0.6) is 0 Å². The van der Waals surface area contributed by atoms with Crippen LogP contribution in [0.15, 0.2) is 22.8 Å². The van der Waals surface area contributed by atoms with Crippen molar-refractivity contribution in [3.8, 4) is 0 Å². The largest absolute Gasteiger partial charge is 0.469 e. The molecule has 0 amide bonds. The highest BCUT2D eigenvalue weighted by Gasteiger charge is 2.39. The minimum atomic E-state index is 0.0586. The van der Waals surface area contributed by atoms with Gasteiger partial charge in [0.1, 0.15) is 5.76 Å². The highest BCUT2D eigenvalue weighted by atomic mass is 16.3. The van der Waals surface area contributed by atoms with Crippen LogP contribution in [0.4, 0.5) is 0 Å². The molecule has 0 spiro atoms. The first kappa shape index (κ1) is 11.7. The topological polar surface area (TPSA) is 39.2 Å². The Morgan fingerprint density at radius 3 is 2.69 bits per heavy atom. The Morgan fingerprint density at radius 1 is 1.38 bits per heavy atom. The molecule has 0 aliphatic heterocycles. The van der Waals surface area contributed by atoms with E-state index in [0.717, 1.165) is 18.1 Å². The van der Waals surface area contributed by atoms with Gasteiger partial charge in [-0.05, 0) is 36.8 Å². The Balaban J connectivity index is 2.17. The molecule has 16 heavy (non-hydrogen) atoms. The van der Waals surface area contributed by atoms with E-state index in [1.54, 1.807) is 6.26 Å². The van der Waals surface area contributed by atoms with Crippen LogP contribution in [-0.2, 0) is 5.41 Å². The average Bonchev–Trinajstić information content (AvgIpc) is 2.69. The van der Waals surface area contributed by atoms with Gasteiger partial charge in [-0.25, -0.2) is 0 Å². The summed E-state index contributed by atoms with van der Waals surface area (Å²) < 4.78 is 5.57. The average molecular weight is 221 g/mol. The molecule has 0 radical (unpaired) electrons. The monoisotopic (exact) mass is 221 g/mol. The van der Waals surface area contributed by atoms with E-state index >= 15 is 0 Å². The van der Waals surface area contributed by atoms with Crippen molar-refractivity contribution < 1.29 is 4.42 Å². The van der Waals surface area contributed by atoms with Gasteiger partial charge >= 0.3 is 0 Å². The minimum Gasteiger partial charge on any atom is -0.469 e. The molecule has 1 saturated carbocycles. The van der Waals surface area contributed by atoms with E-state index in [2.05, 4.69) is 26.8 Å². The number of hydrogen-bond donors (Lipinski definition) is 1. The van der Waals surface area contributed by atoms with Gasteiger partial charge in [-0.15, -0.1) is 0 Å². The van der Waals surface area contributed by atoms with E-state index in [9.17, 15) is 0 Å². The molecule has 2 heteroatoms. The lowest BCUT2D eigenvalue weighted by molar-refractivity contribution is 0.153. The van der Waals surface area contributed by atoms with Crippen molar-refractivity contribution in [1.82, 2.24) is 0 Å². The van der Waals surface area contributed by atoms with Crippen LogP contribution in [0.1, 0.15) is 45.8 Å². The molecule has 90 valence electrons. The zero-order valence-corrected chi connectivity index (χ0v) is 10.6. The van der Waals surface area contributed by atoms with Crippen LogP contribution in [0, 0.1) is 11.8 Å². The highest BCUT2D eigenvalue weighted by Crippen LogP contribution is 2.41. The van der Waals surface area contributed by atoms with E-state index in [-0.39, 0.29) is 5.41 Å². The number of rotatable bonds is 2. The van der Waals surface area contributed by atoms with Gasteiger partial charge in [0.15, 0.2) is 0 Å². The smallest absolute Gasteiger partial charge is 0.109 e. The van der Waals surface area contributed by atoms with Gasteiger partial charge in [-0.2, -0.15) is 0 Å². The Kier molecular flexibility index (Phi) is 3.11. The van der Waals surface area contributed by atoms with Crippen molar-refractivity contribution >= 4 is 0 Å². The molecule has 0 aromatic carbocycles. The second kappa shape index (κ2) is 4.25. The van der Waals surface area contributed by atoms with Gasteiger partial charge in [0.05, 0.1) is 6.26 Å². The van der Waals surface area contributed by atoms with E-state index in [4.69, 9.17) is 10.2 Å². The summed E-state index contributed by atoms with van der Waals surface area (Å²) in [6.07, 6.45) is 5.42. The zero-order chi connectivity index (χ0) is 11.8. The summed E-state index contributed by atoms with van der Waals surface area (Å²) in [7, 11) is 0. The molecule has 1 aromatic rings. The molecule has 0 saturated heterocycles. The molecular weight excluding hydrogens is 198 g/mol. The normalized spacial score (nSPS) is 31.6. The van der Waals surface area contributed by atoms with Gasteiger partial charge in [0.2, 0.25) is 0 Å². The Labute approximate surface area is 98.2 Å². The molecule has 1 aromatic heterocycles. The van der Waals surface area contributed by atoms with Crippen LogP contribution in [-0.4, -0.2) is 6.04 Å². The molecule has 2 nitrogen and oxygen atoms in total. The van der Waals surface area contributed by atoms with Gasteiger partial charge < -0.3 is 10.2 Å². The van der Waals surface area contributed by atoms with Crippen LogP contribution in [0.2, 0.25) is 0 Å². The molecule has 1 aliphatic rings. The van der Waals surface area contributed by atoms with Crippen molar-refractivity contribution in [2.75, 3.05) is 0 Å². The summed E-state index contributed by atoms with van der Waals surface area (Å²) in [4.78, 5) is 0. The first-order valence-corrected chi connectivity index (χ1v) is 6.31. The molecular formula is C14H23NO. The van der Waals surface area contributed by atoms with Crippen molar-refractivity contribution in [1.29, 1.82) is 0 Å². The SMILES string of the molecule is CC1CCC(C(C)(C)c2ccco2)C(N)C1. The van der Waals surface area contributed by atoms with Gasteiger partial charge in [-0.1, -0.05) is 27.2 Å². The highest BCUT2D eigenvalue weighted by molar-refractivity contribution is 5.14. The number of nitrogens with two attached hydrogens (primary N) is 1. The van der Waals surface area contributed by atoms with Gasteiger partial charge in [0.25, 0.3) is 0 Å². The predicted octanol–water partition coefficient (Wildman–Crippen LogP) is 3.32. The molecule has 1 fully saturated rings. The second-order valence-corrected chi connectivity index (χ2v) is 5.89. The predicted molar refractivity (Wildman–Crippen MR) is 66.2 cm³/mol. The van der Waals surface area contributed by atoms with Crippen LogP contribution in [0.3, 0.4) is 0 Å². The summed E-state index contributed by atoms with van der Waals surface area (Å²) in [5, 5.41) is 0. The Bertz CT molecular complexity index is 329. The summed E-state index contributed by atoms with van der Waals surface area (Å²) in [6, 6.07) is 4.35. The minimum absolute atomic E-state index is 0.0586. The summed E-state index contributed by atoms with van der Waals surface area (Å²) in [5.41, 5.74) is 6.38. The van der Waals surface area contributed by atoms with Crippen LogP contribution in [0.25, 0.3) is 0 Å². The first-order valence-electron chi connectivity index (χ1n) is 6.31. The van der Waals surface area contributed by atoms with E-state index in [1.165, 1.54) is 12.8 Å². The third kappa shape index (κ3) is 2.03. The lowest BCUT2D eigenvalue weighted by Gasteiger charge is -2.41.